The fraction of sp³-hybridized carbons (Fsp3) is 0.250. The number of imidazole rings is 1. The van der Waals surface area contributed by atoms with Gasteiger partial charge in [-0.25, -0.2) is 4.98 Å². The molecule has 6 nitrogen and oxygen atoms in total. The Bertz CT molecular complexity index is 1030. The van der Waals surface area contributed by atoms with Crippen LogP contribution in [0.3, 0.4) is 0 Å². The van der Waals surface area contributed by atoms with Crippen molar-refractivity contribution in [3.63, 3.8) is 0 Å². The summed E-state index contributed by atoms with van der Waals surface area (Å²) in [6.07, 6.45) is 0.156. The molecular weight excluding hydrogens is 364 g/mol. The van der Waals surface area contributed by atoms with Gasteiger partial charge in [0.05, 0.1) is 27.7 Å². The number of benzene rings is 2. The lowest BCUT2D eigenvalue weighted by Gasteiger charge is -2.18. The lowest BCUT2D eigenvalue weighted by molar-refractivity contribution is -0.122. The van der Waals surface area contributed by atoms with Gasteiger partial charge in [-0.3, -0.25) is 14.9 Å². The zero-order chi connectivity index (χ0) is 19.0. The number of fused-ring (bicyclic) bond motifs is 1. The third-order valence-corrected chi connectivity index (χ3v) is 5.16. The van der Waals surface area contributed by atoms with Gasteiger partial charge < -0.3 is 9.47 Å². The van der Waals surface area contributed by atoms with Gasteiger partial charge in [0.25, 0.3) is 0 Å². The molecule has 3 aromatic rings. The average molecular weight is 383 g/mol. The molecule has 0 unspecified atom stereocenters. The van der Waals surface area contributed by atoms with Gasteiger partial charge in [-0.1, -0.05) is 35.9 Å². The van der Waals surface area contributed by atoms with E-state index in [2.05, 4.69) is 10.3 Å². The number of aromatic nitrogens is 2. The van der Waals surface area contributed by atoms with Gasteiger partial charge in [0.1, 0.15) is 0 Å². The highest BCUT2D eigenvalue weighted by Crippen LogP contribution is 2.31. The molecule has 0 aliphatic carbocycles. The number of para-hydroxylation sites is 3. The third kappa shape index (κ3) is 3.17. The van der Waals surface area contributed by atoms with E-state index in [4.69, 9.17) is 11.6 Å². The summed E-state index contributed by atoms with van der Waals surface area (Å²) in [7, 11) is 0. The van der Waals surface area contributed by atoms with Crippen molar-refractivity contribution in [3.8, 4) is 0 Å². The van der Waals surface area contributed by atoms with E-state index in [1.807, 2.05) is 47.9 Å². The molecule has 1 atom stereocenters. The summed E-state index contributed by atoms with van der Waals surface area (Å²) in [5.74, 6) is -0.249. The molecule has 4 rings (SSSR count). The van der Waals surface area contributed by atoms with Crippen molar-refractivity contribution >= 4 is 46.1 Å². The second-order valence-electron chi connectivity index (χ2n) is 6.51. The van der Waals surface area contributed by atoms with Crippen LogP contribution in [0, 0.1) is 5.92 Å². The monoisotopic (exact) mass is 382 g/mol. The first kappa shape index (κ1) is 17.5. The Hall–Kier alpha value is -2.86. The summed E-state index contributed by atoms with van der Waals surface area (Å²) in [4.78, 5) is 31.3. The zero-order valence-corrected chi connectivity index (χ0v) is 15.6. The van der Waals surface area contributed by atoms with E-state index in [1.54, 1.807) is 17.0 Å². The fourth-order valence-corrected chi connectivity index (χ4v) is 3.73. The molecule has 1 fully saturated rings. The van der Waals surface area contributed by atoms with E-state index in [1.165, 1.54) is 0 Å². The SMILES string of the molecule is CCn1c(NC(=O)[C@@H]2CC(=O)N(c3ccccc3Cl)C2)nc2ccccc21. The quantitative estimate of drug-likeness (QED) is 0.748. The molecule has 1 aliphatic rings. The van der Waals surface area contributed by atoms with E-state index in [0.29, 0.717) is 29.7 Å². The molecule has 138 valence electrons. The van der Waals surface area contributed by atoms with Crippen LogP contribution < -0.4 is 10.2 Å². The van der Waals surface area contributed by atoms with Crippen LogP contribution in [0.25, 0.3) is 11.0 Å². The van der Waals surface area contributed by atoms with Crippen molar-refractivity contribution in [2.45, 2.75) is 19.9 Å². The Morgan fingerprint density at radius 3 is 2.74 bits per heavy atom. The number of amides is 2. The molecule has 2 aromatic carbocycles. The van der Waals surface area contributed by atoms with E-state index in [0.717, 1.165) is 11.0 Å². The van der Waals surface area contributed by atoms with Crippen LogP contribution in [0.2, 0.25) is 5.02 Å². The normalized spacial score (nSPS) is 16.9. The third-order valence-electron chi connectivity index (χ3n) is 4.84. The minimum Gasteiger partial charge on any atom is -0.310 e. The highest BCUT2D eigenvalue weighted by Gasteiger charge is 2.36. The van der Waals surface area contributed by atoms with E-state index >= 15 is 0 Å². The number of carbonyl (C=O) groups excluding carboxylic acids is 2. The van der Waals surface area contributed by atoms with Gasteiger partial charge >= 0.3 is 0 Å². The summed E-state index contributed by atoms with van der Waals surface area (Å²) in [5, 5.41) is 3.40. The standard InChI is InChI=1S/C20H19ClN4O2/c1-2-24-17-10-6-4-8-15(17)22-20(24)23-19(27)13-11-18(26)25(12-13)16-9-5-3-7-14(16)21/h3-10,13H,2,11-12H2,1H3,(H,22,23,27)/t13-/m1/s1. The molecule has 0 saturated carbocycles. The Kier molecular flexibility index (Phi) is 4.58. The number of nitrogens with zero attached hydrogens (tertiary/aromatic N) is 3. The molecule has 2 amide bonds. The molecule has 0 bridgehead atoms. The minimum atomic E-state index is -0.445. The lowest BCUT2D eigenvalue weighted by atomic mass is 10.1. The number of rotatable bonds is 4. The van der Waals surface area contributed by atoms with Crippen LogP contribution in [0.4, 0.5) is 11.6 Å². The highest BCUT2D eigenvalue weighted by atomic mass is 35.5. The molecular formula is C20H19ClN4O2. The number of halogens is 1. The molecule has 0 radical (unpaired) electrons. The number of aryl methyl sites for hydroxylation is 1. The number of hydrogen-bond donors (Lipinski definition) is 1. The molecule has 1 N–H and O–H groups in total. The molecule has 27 heavy (non-hydrogen) atoms. The molecule has 1 saturated heterocycles. The van der Waals surface area contributed by atoms with Crippen LogP contribution in [0.5, 0.6) is 0 Å². The lowest BCUT2D eigenvalue weighted by Crippen LogP contribution is -2.29. The van der Waals surface area contributed by atoms with Crippen LogP contribution in [0.15, 0.2) is 48.5 Å². The number of nitrogens with one attached hydrogen (secondary N) is 1. The first-order valence-electron chi connectivity index (χ1n) is 8.89. The predicted octanol–water partition coefficient (Wildman–Crippen LogP) is 3.70. The summed E-state index contributed by atoms with van der Waals surface area (Å²) >= 11 is 6.20. The van der Waals surface area contributed by atoms with Gasteiger partial charge in [-0.05, 0) is 31.2 Å². The molecule has 1 aromatic heterocycles. The summed E-state index contributed by atoms with van der Waals surface area (Å²) in [5.41, 5.74) is 2.44. The summed E-state index contributed by atoms with van der Waals surface area (Å²) in [6, 6.07) is 14.9. The number of anilines is 2. The molecule has 1 aliphatic heterocycles. The minimum absolute atomic E-state index is 0.104. The summed E-state index contributed by atoms with van der Waals surface area (Å²) < 4.78 is 1.95. The largest absolute Gasteiger partial charge is 0.310 e. The molecule has 0 spiro atoms. The zero-order valence-electron chi connectivity index (χ0n) is 14.9. The van der Waals surface area contributed by atoms with Crippen molar-refractivity contribution in [1.29, 1.82) is 0 Å². The number of carbonyl (C=O) groups is 2. The second kappa shape index (κ2) is 7.04. The topological polar surface area (TPSA) is 67.2 Å². The predicted molar refractivity (Wildman–Crippen MR) is 106 cm³/mol. The van der Waals surface area contributed by atoms with Gasteiger partial charge in [0, 0.05) is 19.5 Å². The maximum absolute atomic E-state index is 12.8. The van der Waals surface area contributed by atoms with Crippen molar-refractivity contribution in [3.05, 3.63) is 53.6 Å². The first-order chi connectivity index (χ1) is 13.1. The van der Waals surface area contributed by atoms with Crippen LogP contribution >= 0.6 is 11.6 Å². The Morgan fingerprint density at radius 2 is 1.96 bits per heavy atom. The smallest absolute Gasteiger partial charge is 0.232 e. The fourth-order valence-electron chi connectivity index (χ4n) is 3.49. The average Bonchev–Trinajstić information content (AvgIpc) is 3.22. The molecule has 7 heteroatoms. The van der Waals surface area contributed by atoms with E-state index in [-0.39, 0.29) is 18.2 Å². The van der Waals surface area contributed by atoms with E-state index in [9.17, 15) is 9.59 Å². The van der Waals surface area contributed by atoms with Crippen LogP contribution in [0.1, 0.15) is 13.3 Å². The van der Waals surface area contributed by atoms with Crippen LogP contribution in [-0.4, -0.2) is 27.9 Å². The molecule has 2 heterocycles. The van der Waals surface area contributed by atoms with Gasteiger partial charge in [0.15, 0.2) is 0 Å². The maximum Gasteiger partial charge on any atom is 0.232 e. The second-order valence-corrected chi connectivity index (χ2v) is 6.92. The van der Waals surface area contributed by atoms with Gasteiger partial charge in [-0.15, -0.1) is 0 Å². The van der Waals surface area contributed by atoms with Crippen molar-refractivity contribution in [1.82, 2.24) is 9.55 Å². The van der Waals surface area contributed by atoms with Gasteiger partial charge in [-0.2, -0.15) is 0 Å². The summed E-state index contributed by atoms with van der Waals surface area (Å²) in [6.45, 7) is 2.99. The highest BCUT2D eigenvalue weighted by molar-refractivity contribution is 6.33. The van der Waals surface area contributed by atoms with Gasteiger partial charge in [0.2, 0.25) is 17.8 Å². The van der Waals surface area contributed by atoms with E-state index < -0.39 is 5.92 Å². The Morgan fingerprint density at radius 1 is 1.22 bits per heavy atom. The van der Waals surface area contributed by atoms with Crippen molar-refractivity contribution in [2.24, 2.45) is 5.92 Å². The van der Waals surface area contributed by atoms with Crippen LogP contribution in [-0.2, 0) is 16.1 Å². The Labute approximate surface area is 161 Å². The maximum atomic E-state index is 12.8. The van der Waals surface area contributed by atoms with Crippen molar-refractivity contribution in [2.75, 3.05) is 16.8 Å². The number of hydrogen-bond acceptors (Lipinski definition) is 3. The Balaban J connectivity index is 1.55. The van der Waals surface area contributed by atoms with Crippen molar-refractivity contribution < 1.29 is 9.59 Å². The first-order valence-corrected chi connectivity index (χ1v) is 9.27.